The summed E-state index contributed by atoms with van der Waals surface area (Å²) in [5, 5.41) is 5.34. The van der Waals surface area contributed by atoms with Crippen molar-refractivity contribution in [1.29, 1.82) is 0 Å². The van der Waals surface area contributed by atoms with E-state index in [1.54, 1.807) is 6.92 Å². The lowest BCUT2D eigenvalue weighted by molar-refractivity contribution is -0.168. The van der Waals surface area contributed by atoms with Gasteiger partial charge in [0.05, 0.1) is 28.8 Å². The third kappa shape index (κ3) is 5.27. The van der Waals surface area contributed by atoms with E-state index in [1.807, 2.05) is 16.3 Å². The summed E-state index contributed by atoms with van der Waals surface area (Å²) in [4.78, 5) is 13.6. The van der Waals surface area contributed by atoms with Gasteiger partial charge in [0.1, 0.15) is 0 Å². The zero-order valence-corrected chi connectivity index (χ0v) is 19.4. The summed E-state index contributed by atoms with van der Waals surface area (Å²) in [6.45, 7) is 4.51. The molecule has 2 aromatic heterocycles. The quantitative estimate of drug-likeness (QED) is 0.686. The monoisotopic (exact) mass is 473 g/mol. The highest BCUT2D eigenvalue weighted by Crippen LogP contribution is 2.34. The number of fused-ring (bicyclic) bond motifs is 1. The highest BCUT2D eigenvalue weighted by atomic mass is 32.1. The molecule has 0 aromatic carbocycles. The van der Waals surface area contributed by atoms with Crippen molar-refractivity contribution in [2.24, 2.45) is 0 Å². The lowest BCUT2D eigenvalue weighted by Crippen LogP contribution is -2.53. The molecule has 11 heteroatoms. The van der Waals surface area contributed by atoms with Gasteiger partial charge in [0.25, 0.3) is 0 Å². The molecule has 2 aliphatic rings. The zero-order valence-electron chi connectivity index (χ0n) is 18.6. The number of nitrogens with zero attached hydrogens (tertiary/aromatic N) is 4. The number of anilines is 2. The fourth-order valence-electron chi connectivity index (χ4n) is 4.51. The van der Waals surface area contributed by atoms with Crippen LogP contribution >= 0.6 is 11.3 Å². The molecule has 0 amide bonds. The lowest BCUT2D eigenvalue weighted by atomic mass is 9.88. The second kappa shape index (κ2) is 9.28. The number of aromatic nitrogens is 2. The van der Waals surface area contributed by atoms with Crippen LogP contribution < -0.4 is 10.2 Å². The van der Waals surface area contributed by atoms with Crippen molar-refractivity contribution < 1.29 is 22.6 Å². The molecule has 0 saturated carbocycles. The Kier molecular flexibility index (Phi) is 6.81. The zero-order chi connectivity index (χ0) is 22.9. The molecule has 32 heavy (non-hydrogen) atoms. The first-order chi connectivity index (χ1) is 15.2. The maximum Gasteiger partial charge on any atom is 0.391 e. The normalized spacial score (nSPS) is 24.3. The van der Waals surface area contributed by atoms with E-state index in [0.717, 1.165) is 23.1 Å². The van der Waals surface area contributed by atoms with Crippen molar-refractivity contribution >= 4 is 33.3 Å². The van der Waals surface area contributed by atoms with Crippen molar-refractivity contribution in [2.75, 3.05) is 57.2 Å². The third-order valence-electron chi connectivity index (χ3n) is 6.32. The molecule has 0 spiro atoms. The number of rotatable bonds is 6. The number of likely N-dealkylation sites (N-methyl/N-ethyl adjacent to an activating group) is 1. The van der Waals surface area contributed by atoms with Crippen LogP contribution in [0, 0.1) is 0 Å². The van der Waals surface area contributed by atoms with Crippen LogP contribution in [0.4, 0.5) is 24.9 Å². The van der Waals surface area contributed by atoms with Gasteiger partial charge in [-0.2, -0.15) is 18.2 Å². The van der Waals surface area contributed by atoms with E-state index in [0.29, 0.717) is 38.1 Å². The second-order valence-electron chi connectivity index (χ2n) is 8.88. The molecular weight excluding hydrogens is 443 g/mol. The number of nitrogens with one attached hydrogen (secondary N) is 1. The van der Waals surface area contributed by atoms with Gasteiger partial charge in [0.2, 0.25) is 5.95 Å². The molecule has 0 bridgehead atoms. The number of hydrogen-bond donors (Lipinski definition) is 1. The molecule has 2 saturated heterocycles. The van der Waals surface area contributed by atoms with E-state index in [4.69, 9.17) is 14.5 Å². The molecule has 0 aliphatic carbocycles. The van der Waals surface area contributed by atoms with Crippen molar-refractivity contribution in [2.45, 2.75) is 50.1 Å². The van der Waals surface area contributed by atoms with E-state index < -0.39 is 18.7 Å². The Hall–Kier alpha value is -1.69. The van der Waals surface area contributed by atoms with Crippen molar-refractivity contribution in [3.63, 3.8) is 0 Å². The minimum Gasteiger partial charge on any atom is -0.381 e. The van der Waals surface area contributed by atoms with E-state index in [-0.39, 0.29) is 18.2 Å². The number of ether oxygens (including phenoxy) is 2. The summed E-state index contributed by atoms with van der Waals surface area (Å²) in [6, 6.07) is 1.92. The number of thiophene rings is 1. The topological polar surface area (TPSA) is 62.8 Å². The molecule has 4 heterocycles. The van der Waals surface area contributed by atoms with Crippen molar-refractivity contribution in [3.8, 4) is 0 Å². The van der Waals surface area contributed by atoms with Crippen LogP contribution in [0.25, 0.3) is 10.2 Å². The molecule has 4 rings (SSSR count). The Labute approximate surface area is 189 Å². The van der Waals surface area contributed by atoms with Crippen LogP contribution in [0.3, 0.4) is 0 Å². The van der Waals surface area contributed by atoms with Gasteiger partial charge in [-0.25, -0.2) is 4.98 Å². The van der Waals surface area contributed by atoms with Gasteiger partial charge < -0.3 is 24.6 Å². The summed E-state index contributed by atoms with van der Waals surface area (Å²) in [5.74, 6) is 1.16. The van der Waals surface area contributed by atoms with E-state index in [9.17, 15) is 13.2 Å². The Bertz CT molecular complexity index is 916. The Morgan fingerprint density at radius 3 is 2.69 bits per heavy atom. The van der Waals surface area contributed by atoms with Crippen LogP contribution in [0.5, 0.6) is 0 Å². The largest absolute Gasteiger partial charge is 0.391 e. The first-order valence-electron chi connectivity index (χ1n) is 10.9. The molecule has 178 valence electrons. The van der Waals surface area contributed by atoms with Crippen LogP contribution in [-0.2, 0) is 9.47 Å². The average molecular weight is 474 g/mol. The second-order valence-corrected chi connectivity index (χ2v) is 9.80. The molecule has 7 nitrogen and oxygen atoms in total. The first-order valence-corrected chi connectivity index (χ1v) is 11.7. The van der Waals surface area contributed by atoms with Gasteiger partial charge >= 0.3 is 6.18 Å². The molecule has 0 radical (unpaired) electrons. The van der Waals surface area contributed by atoms with Gasteiger partial charge in [0, 0.05) is 38.4 Å². The van der Waals surface area contributed by atoms with Crippen molar-refractivity contribution in [1.82, 2.24) is 14.9 Å². The number of halogens is 3. The summed E-state index contributed by atoms with van der Waals surface area (Å²) >= 11 is 1.50. The maximum absolute atomic E-state index is 13.0. The molecule has 2 unspecified atom stereocenters. The standard InChI is InChI=1S/C21H30F3N5O2S/c1-14-11-29(12-15(31-14)10-21(22,23)24)18-17-16(4-9-32-17)26-19(27-18)25-13-20(28(2)3)5-7-30-8-6-20/h4,9,14-15H,5-8,10-13H2,1-3H3,(H,25,26,27). The number of morpholine rings is 1. The smallest absolute Gasteiger partial charge is 0.381 e. The van der Waals surface area contributed by atoms with Gasteiger partial charge in [-0.1, -0.05) is 0 Å². The molecule has 1 N–H and O–H groups in total. The minimum absolute atomic E-state index is 0.0589. The molecule has 2 atom stereocenters. The van der Waals surface area contributed by atoms with E-state index >= 15 is 0 Å². The lowest BCUT2D eigenvalue weighted by Gasteiger charge is -2.43. The molecular formula is C21H30F3N5O2S. The summed E-state index contributed by atoms with van der Waals surface area (Å²) < 4.78 is 51.0. The highest BCUT2D eigenvalue weighted by Gasteiger charge is 2.38. The van der Waals surface area contributed by atoms with Gasteiger partial charge in [0.15, 0.2) is 5.82 Å². The Balaban J connectivity index is 1.58. The maximum atomic E-state index is 13.0. The SMILES string of the molecule is CC1CN(c2nc(NCC3(N(C)C)CCOCC3)nc3ccsc23)CC(CC(F)(F)F)O1. The van der Waals surface area contributed by atoms with Gasteiger partial charge in [-0.15, -0.1) is 11.3 Å². The number of hydrogen-bond acceptors (Lipinski definition) is 8. The fourth-order valence-corrected chi connectivity index (χ4v) is 5.36. The summed E-state index contributed by atoms with van der Waals surface area (Å²) in [5.41, 5.74) is 0.733. The summed E-state index contributed by atoms with van der Waals surface area (Å²) in [6.07, 6.45) is -4.67. The van der Waals surface area contributed by atoms with Crippen LogP contribution in [-0.4, -0.2) is 85.7 Å². The predicted octanol–water partition coefficient (Wildman–Crippen LogP) is 3.76. The average Bonchev–Trinajstić information content (AvgIpc) is 3.19. The fraction of sp³-hybridized carbons (Fsp3) is 0.714. The van der Waals surface area contributed by atoms with Crippen LogP contribution in [0.15, 0.2) is 11.4 Å². The first kappa shape index (κ1) is 23.5. The Morgan fingerprint density at radius 2 is 2.00 bits per heavy atom. The minimum atomic E-state index is -4.27. The van der Waals surface area contributed by atoms with Crippen molar-refractivity contribution in [3.05, 3.63) is 11.4 Å². The molecule has 2 aromatic rings. The van der Waals surface area contributed by atoms with E-state index in [1.165, 1.54) is 11.3 Å². The number of alkyl halides is 3. The predicted molar refractivity (Wildman–Crippen MR) is 120 cm³/mol. The highest BCUT2D eigenvalue weighted by molar-refractivity contribution is 7.17. The molecule has 2 aliphatic heterocycles. The molecule has 2 fully saturated rings. The summed E-state index contributed by atoms with van der Waals surface area (Å²) in [7, 11) is 4.13. The van der Waals surface area contributed by atoms with E-state index in [2.05, 4.69) is 29.3 Å². The van der Waals surface area contributed by atoms with Gasteiger partial charge in [-0.05, 0) is 45.3 Å². The van der Waals surface area contributed by atoms with Crippen LogP contribution in [0.1, 0.15) is 26.2 Å². The third-order valence-corrected chi connectivity index (χ3v) is 7.22. The Morgan fingerprint density at radius 1 is 1.25 bits per heavy atom. The van der Waals surface area contributed by atoms with Gasteiger partial charge in [-0.3, -0.25) is 0 Å². The van der Waals surface area contributed by atoms with Crippen LogP contribution in [0.2, 0.25) is 0 Å².